The van der Waals surface area contributed by atoms with E-state index in [2.05, 4.69) is 25.2 Å². The highest BCUT2D eigenvalue weighted by molar-refractivity contribution is 5.25. The molecular formula is C18H30FN. The van der Waals surface area contributed by atoms with Crippen LogP contribution in [0.2, 0.25) is 0 Å². The van der Waals surface area contributed by atoms with E-state index in [1.165, 1.54) is 32.1 Å². The predicted molar refractivity (Wildman–Crippen MR) is 85.5 cm³/mol. The highest BCUT2D eigenvalue weighted by atomic mass is 19.1. The second-order valence-electron chi connectivity index (χ2n) is 5.72. The quantitative estimate of drug-likeness (QED) is 0.555. The van der Waals surface area contributed by atoms with E-state index in [0.29, 0.717) is 6.04 Å². The van der Waals surface area contributed by atoms with Crippen LogP contribution >= 0.6 is 0 Å². The minimum Gasteiger partial charge on any atom is -0.310 e. The lowest BCUT2D eigenvalue weighted by molar-refractivity contribution is 0.465. The van der Waals surface area contributed by atoms with E-state index in [-0.39, 0.29) is 5.82 Å². The molecular weight excluding hydrogens is 249 g/mol. The number of benzene rings is 1. The summed E-state index contributed by atoms with van der Waals surface area (Å²) in [6.07, 6.45) is 8.64. The van der Waals surface area contributed by atoms with Gasteiger partial charge in [0, 0.05) is 6.04 Å². The number of unbranched alkanes of at least 4 members (excludes halogenated alkanes) is 4. The SMILES string of the molecule is CCCCCCCC(NCCC)c1ccc(C)c(F)c1. The third-order valence-electron chi connectivity index (χ3n) is 3.84. The molecule has 1 unspecified atom stereocenters. The summed E-state index contributed by atoms with van der Waals surface area (Å²) < 4.78 is 13.7. The Labute approximate surface area is 124 Å². The van der Waals surface area contributed by atoms with Crippen LogP contribution in [-0.2, 0) is 0 Å². The van der Waals surface area contributed by atoms with Gasteiger partial charge in [0.15, 0.2) is 0 Å². The zero-order chi connectivity index (χ0) is 14.8. The monoisotopic (exact) mass is 279 g/mol. The molecule has 1 atom stereocenters. The molecule has 0 saturated heterocycles. The molecule has 0 saturated carbocycles. The molecule has 0 aliphatic heterocycles. The molecule has 2 heteroatoms. The normalized spacial score (nSPS) is 12.6. The van der Waals surface area contributed by atoms with Gasteiger partial charge in [-0.15, -0.1) is 0 Å². The van der Waals surface area contributed by atoms with Crippen LogP contribution in [0.25, 0.3) is 0 Å². The van der Waals surface area contributed by atoms with Gasteiger partial charge in [-0.2, -0.15) is 0 Å². The maximum absolute atomic E-state index is 13.7. The molecule has 0 fully saturated rings. The number of halogens is 1. The van der Waals surface area contributed by atoms with Crippen molar-refractivity contribution >= 4 is 0 Å². The van der Waals surface area contributed by atoms with Crippen molar-refractivity contribution in [1.29, 1.82) is 0 Å². The highest BCUT2D eigenvalue weighted by Gasteiger charge is 2.11. The van der Waals surface area contributed by atoms with E-state index in [9.17, 15) is 4.39 Å². The Hall–Kier alpha value is -0.890. The molecule has 0 amide bonds. The molecule has 114 valence electrons. The first-order chi connectivity index (χ1) is 9.69. The van der Waals surface area contributed by atoms with Crippen LogP contribution in [-0.4, -0.2) is 6.54 Å². The average Bonchev–Trinajstić information content (AvgIpc) is 2.45. The third-order valence-corrected chi connectivity index (χ3v) is 3.84. The highest BCUT2D eigenvalue weighted by Crippen LogP contribution is 2.22. The second kappa shape index (κ2) is 9.93. The predicted octanol–water partition coefficient (Wildman–Crippen LogP) is 5.54. The zero-order valence-corrected chi connectivity index (χ0v) is 13.3. The average molecular weight is 279 g/mol. The van der Waals surface area contributed by atoms with Crippen LogP contribution in [0.3, 0.4) is 0 Å². The first kappa shape index (κ1) is 17.2. The molecule has 1 rings (SSSR count). The molecule has 1 aromatic rings. The van der Waals surface area contributed by atoms with Crippen molar-refractivity contribution < 1.29 is 4.39 Å². The van der Waals surface area contributed by atoms with Crippen molar-refractivity contribution in [3.8, 4) is 0 Å². The lowest BCUT2D eigenvalue weighted by Crippen LogP contribution is -2.22. The summed E-state index contributed by atoms with van der Waals surface area (Å²) in [5.41, 5.74) is 1.82. The van der Waals surface area contributed by atoms with Crippen LogP contribution in [0, 0.1) is 12.7 Å². The summed E-state index contributed by atoms with van der Waals surface area (Å²) in [4.78, 5) is 0. The fraction of sp³-hybridized carbons (Fsp3) is 0.667. The van der Waals surface area contributed by atoms with Crippen molar-refractivity contribution in [1.82, 2.24) is 5.32 Å². The van der Waals surface area contributed by atoms with Crippen molar-refractivity contribution in [3.63, 3.8) is 0 Å². The molecule has 1 N–H and O–H groups in total. The Balaban J connectivity index is 2.55. The van der Waals surface area contributed by atoms with Crippen molar-refractivity contribution in [2.24, 2.45) is 0 Å². The number of nitrogens with one attached hydrogen (secondary N) is 1. The van der Waals surface area contributed by atoms with E-state index in [1.807, 2.05) is 13.0 Å². The smallest absolute Gasteiger partial charge is 0.126 e. The summed E-state index contributed by atoms with van der Waals surface area (Å²) >= 11 is 0. The lowest BCUT2D eigenvalue weighted by atomic mass is 9.98. The largest absolute Gasteiger partial charge is 0.310 e. The summed E-state index contributed by atoms with van der Waals surface area (Å²) in [6, 6.07) is 5.96. The molecule has 1 aromatic carbocycles. The van der Waals surface area contributed by atoms with E-state index < -0.39 is 0 Å². The van der Waals surface area contributed by atoms with Gasteiger partial charge in [-0.05, 0) is 43.5 Å². The lowest BCUT2D eigenvalue weighted by Gasteiger charge is -2.19. The molecule has 0 aliphatic rings. The Morgan fingerprint density at radius 2 is 1.80 bits per heavy atom. The van der Waals surface area contributed by atoms with Crippen LogP contribution in [0.1, 0.15) is 76.0 Å². The van der Waals surface area contributed by atoms with Crippen molar-refractivity contribution in [3.05, 3.63) is 35.1 Å². The number of rotatable bonds is 10. The Morgan fingerprint density at radius 1 is 1.05 bits per heavy atom. The summed E-state index contributed by atoms with van der Waals surface area (Å²) in [5, 5.41) is 3.56. The second-order valence-corrected chi connectivity index (χ2v) is 5.72. The van der Waals surface area contributed by atoms with Gasteiger partial charge >= 0.3 is 0 Å². The molecule has 0 spiro atoms. The first-order valence-corrected chi connectivity index (χ1v) is 8.18. The number of hydrogen-bond donors (Lipinski definition) is 1. The molecule has 0 aromatic heterocycles. The van der Waals surface area contributed by atoms with Gasteiger partial charge in [-0.25, -0.2) is 4.39 Å². The Kier molecular flexibility index (Phi) is 8.52. The molecule has 0 radical (unpaired) electrons. The minimum absolute atomic E-state index is 0.0863. The third kappa shape index (κ3) is 6.04. The van der Waals surface area contributed by atoms with Gasteiger partial charge in [0.05, 0.1) is 0 Å². The number of hydrogen-bond acceptors (Lipinski definition) is 1. The Bertz CT molecular complexity index is 376. The van der Waals surface area contributed by atoms with Crippen LogP contribution in [0.4, 0.5) is 4.39 Å². The number of aryl methyl sites for hydroxylation is 1. The fourth-order valence-electron chi connectivity index (χ4n) is 2.48. The van der Waals surface area contributed by atoms with Gasteiger partial charge in [0.1, 0.15) is 5.82 Å². The standard InChI is InChI=1S/C18H30FN/c1-4-6-7-8-9-10-18(20-13-5-2)16-12-11-15(3)17(19)14-16/h11-12,14,18,20H,4-10,13H2,1-3H3. The first-order valence-electron chi connectivity index (χ1n) is 8.18. The van der Waals surface area contributed by atoms with E-state index in [4.69, 9.17) is 0 Å². The zero-order valence-electron chi connectivity index (χ0n) is 13.3. The maximum Gasteiger partial charge on any atom is 0.126 e. The Morgan fingerprint density at radius 3 is 2.45 bits per heavy atom. The molecule has 0 aliphatic carbocycles. The topological polar surface area (TPSA) is 12.0 Å². The van der Waals surface area contributed by atoms with E-state index in [0.717, 1.165) is 30.5 Å². The summed E-state index contributed by atoms with van der Waals surface area (Å²) in [6.45, 7) is 7.22. The summed E-state index contributed by atoms with van der Waals surface area (Å²) in [7, 11) is 0. The molecule has 0 heterocycles. The van der Waals surface area contributed by atoms with Crippen molar-refractivity contribution in [2.45, 2.75) is 71.8 Å². The molecule has 0 bridgehead atoms. The summed E-state index contributed by atoms with van der Waals surface area (Å²) in [5.74, 6) is -0.0863. The van der Waals surface area contributed by atoms with Crippen LogP contribution in [0.5, 0.6) is 0 Å². The van der Waals surface area contributed by atoms with Gasteiger partial charge in [0.2, 0.25) is 0 Å². The maximum atomic E-state index is 13.7. The van der Waals surface area contributed by atoms with Crippen LogP contribution in [0.15, 0.2) is 18.2 Å². The molecule has 20 heavy (non-hydrogen) atoms. The van der Waals surface area contributed by atoms with Gasteiger partial charge < -0.3 is 5.32 Å². The van der Waals surface area contributed by atoms with Gasteiger partial charge in [-0.3, -0.25) is 0 Å². The van der Waals surface area contributed by atoms with Gasteiger partial charge in [-0.1, -0.05) is 58.1 Å². The molecule has 1 nitrogen and oxygen atoms in total. The minimum atomic E-state index is -0.0863. The van der Waals surface area contributed by atoms with E-state index in [1.54, 1.807) is 6.07 Å². The van der Waals surface area contributed by atoms with E-state index >= 15 is 0 Å². The van der Waals surface area contributed by atoms with Gasteiger partial charge in [0.25, 0.3) is 0 Å². The van der Waals surface area contributed by atoms with Crippen LogP contribution < -0.4 is 5.32 Å². The fourth-order valence-corrected chi connectivity index (χ4v) is 2.48. The van der Waals surface area contributed by atoms with Crippen molar-refractivity contribution in [2.75, 3.05) is 6.54 Å².